The minimum Gasteiger partial charge on any atom is -0.381 e. The van der Waals surface area contributed by atoms with Gasteiger partial charge in [-0.25, -0.2) is 0 Å². The standard InChI is InChI=1S/C11H13O/c1-12-11-7-6-9-4-2-3-5-10(9)8-11/h2-5,8,11H,6-7H2,1H3. The molecule has 0 amide bonds. The van der Waals surface area contributed by atoms with Gasteiger partial charge in [-0.1, -0.05) is 24.3 Å². The van der Waals surface area contributed by atoms with Crippen LogP contribution in [-0.2, 0) is 11.2 Å². The average molecular weight is 161 g/mol. The van der Waals surface area contributed by atoms with Gasteiger partial charge in [0.25, 0.3) is 0 Å². The molecule has 1 aromatic carbocycles. The smallest absolute Gasteiger partial charge is 0.0649 e. The van der Waals surface area contributed by atoms with E-state index in [9.17, 15) is 0 Å². The SMILES string of the molecule is COC1[CH]c2ccccc2CC1. The lowest BCUT2D eigenvalue weighted by Gasteiger charge is -2.22. The zero-order valence-corrected chi connectivity index (χ0v) is 7.29. The van der Waals surface area contributed by atoms with Crippen LogP contribution in [0.2, 0.25) is 0 Å². The average Bonchev–Trinajstić information content (AvgIpc) is 2.17. The number of benzene rings is 1. The molecule has 0 fully saturated rings. The molecular formula is C11H13O. The molecule has 0 saturated carbocycles. The van der Waals surface area contributed by atoms with Crippen LogP contribution in [0, 0.1) is 6.42 Å². The Morgan fingerprint density at radius 2 is 2.17 bits per heavy atom. The molecule has 0 aliphatic heterocycles. The predicted molar refractivity (Wildman–Crippen MR) is 49.0 cm³/mol. The first kappa shape index (κ1) is 7.81. The Morgan fingerprint density at radius 1 is 1.33 bits per heavy atom. The fourth-order valence-corrected chi connectivity index (χ4v) is 1.69. The highest BCUT2D eigenvalue weighted by molar-refractivity contribution is 5.36. The maximum atomic E-state index is 5.29. The van der Waals surface area contributed by atoms with Gasteiger partial charge < -0.3 is 4.74 Å². The van der Waals surface area contributed by atoms with Crippen molar-refractivity contribution in [3.8, 4) is 0 Å². The summed E-state index contributed by atoms with van der Waals surface area (Å²) in [5, 5.41) is 0. The van der Waals surface area contributed by atoms with Gasteiger partial charge in [0.2, 0.25) is 0 Å². The summed E-state index contributed by atoms with van der Waals surface area (Å²) in [6.07, 6.45) is 4.79. The molecule has 0 bridgehead atoms. The van der Waals surface area contributed by atoms with Crippen LogP contribution in [0.25, 0.3) is 0 Å². The Balaban J connectivity index is 2.23. The largest absolute Gasteiger partial charge is 0.381 e. The maximum Gasteiger partial charge on any atom is 0.0649 e. The summed E-state index contributed by atoms with van der Waals surface area (Å²) in [6, 6.07) is 8.52. The lowest BCUT2D eigenvalue weighted by molar-refractivity contribution is 0.120. The Bertz CT molecular complexity index is 267. The van der Waals surface area contributed by atoms with Crippen LogP contribution in [0.1, 0.15) is 17.5 Å². The molecular weight excluding hydrogens is 148 g/mol. The number of methoxy groups -OCH3 is 1. The van der Waals surface area contributed by atoms with Crippen LogP contribution in [0.15, 0.2) is 24.3 Å². The summed E-state index contributed by atoms with van der Waals surface area (Å²) >= 11 is 0. The van der Waals surface area contributed by atoms with Crippen molar-refractivity contribution in [3.63, 3.8) is 0 Å². The normalized spacial score (nSPS) is 21.9. The molecule has 1 aliphatic carbocycles. The predicted octanol–water partition coefficient (Wildman–Crippen LogP) is 2.20. The van der Waals surface area contributed by atoms with Crippen LogP contribution in [-0.4, -0.2) is 13.2 Å². The topological polar surface area (TPSA) is 9.23 Å². The van der Waals surface area contributed by atoms with Crippen LogP contribution in [0.4, 0.5) is 0 Å². The van der Waals surface area contributed by atoms with Crippen molar-refractivity contribution in [2.45, 2.75) is 18.9 Å². The van der Waals surface area contributed by atoms with E-state index in [1.807, 2.05) is 0 Å². The summed E-state index contributed by atoms with van der Waals surface area (Å²) in [5.74, 6) is 0. The van der Waals surface area contributed by atoms with Crippen LogP contribution < -0.4 is 0 Å². The van der Waals surface area contributed by atoms with E-state index in [-0.39, 0.29) is 0 Å². The summed E-state index contributed by atoms with van der Waals surface area (Å²) in [7, 11) is 1.77. The van der Waals surface area contributed by atoms with Gasteiger partial charge in [-0.2, -0.15) is 0 Å². The Kier molecular flexibility index (Phi) is 2.13. The van der Waals surface area contributed by atoms with E-state index in [1.165, 1.54) is 11.1 Å². The second-order valence-electron chi connectivity index (χ2n) is 3.18. The van der Waals surface area contributed by atoms with Crippen molar-refractivity contribution in [1.29, 1.82) is 0 Å². The summed E-state index contributed by atoms with van der Waals surface area (Å²) in [4.78, 5) is 0. The molecule has 12 heavy (non-hydrogen) atoms. The van der Waals surface area contributed by atoms with E-state index in [1.54, 1.807) is 7.11 Å². The molecule has 1 radical (unpaired) electrons. The van der Waals surface area contributed by atoms with Crippen molar-refractivity contribution >= 4 is 0 Å². The Morgan fingerprint density at radius 3 is 3.00 bits per heavy atom. The molecule has 1 aliphatic rings. The number of aryl methyl sites for hydroxylation is 1. The summed E-state index contributed by atoms with van der Waals surface area (Å²) < 4.78 is 5.29. The van der Waals surface area contributed by atoms with E-state index in [2.05, 4.69) is 30.7 Å². The molecule has 0 heterocycles. The molecule has 63 valence electrons. The fourth-order valence-electron chi connectivity index (χ4n) is 1.69. The monoisotopic (exact) mass is 161 g/mol. The highest BCUT2D eigenvalue weighted by Gasteiger charge is 2.17. The van der Waals surface area contributed by atoms with Gasteiger partial charge >= 0.3 is 0 Å². The van der Waals surface area contributed by atoms with Crippen molar-refractivity contribution in [2.75, 3.05) is 7.11 Å². The third kappa shape index (κ3) is 1.37. The quantitative estimate of drug-likeness (QED) is 0.613. The van der Waals surface area contributed by atoms with Crippen LogP contribution in [0.5, 0.6) is 0 Å². The minimum atomic E-state index is 0.319. The van der Waals surface area contributed by atoms with E-state index in [0.717, 1.165) is 12.8 Å². The molecule has 0 aromatic heterocycles. The third-order valence-corrected chi connectivity index (χ3v) is 2.42. The van der Waals surface area contributed by atoms with Gasteiger partial charge in [0.1, 0.15) is 0 Å². The van der Waals surface area contributed by atoms with Gasteiger partial charge in [0.05, 0.1) is 6.10 Å². The van der Waals surface area contributed by atoms with Gasteiger partial charge in [0, 0.05) is 13.5 Å². The van der Waals surface area contributed by atoms with Crippen molar-refractivity contribution in [2.24, 2.45) is 0 Å². The van der Waals surface area contributed by atoms with E-state index < -0.39 is 0 Å². The van der Waals surface area contributed by atoms with Crippen molar-refractivity contribution in [3.05, 3.63) is 41.8 Å². The molecule has 1 aromatic rings. The van der Waals surface area contributed by atoms with Gasteiger partial charge in [-0.3, -0.25) is 0 Å². The molecule has 0 spiro atoms. The first-order valence-electron chi connectivity index (χ1n) is 4.36. The van der Waals surface area contributed by atoms with Gasteiger partial charge in [-0.05, 0) is 24.0 Å². The number of hydrogen-bond acceptors (Lipinski definition) is 1. The van der Waals surface area contributed by atoms with E-state index in [0.29, 0.717) is 6.10 Å². The van der Waals surface area contributed by atoms with Crippen molar-refractivity contribution in [1.82, 2.24) is 0 Å². The maximum absolute atomic E-state index is 5.29. The third-order valence-electron chi connectivity index (χ3n) is 2.42. The van der Waals surface area contributed by atoms with Gasteiger partial charge in [-0.15, -0.1) is 0 Å². The second-order valence-corrected chi connectivity index (χ2v) is 3.18. The zero-order chi connectivity index (χ0) is 8.39. The Labute approximate surface area is 73.4 Å². The molecule has 1 nitrogen and oxygen atoms in total. The van der Waals surface area contributed by atoms with E-state index in [4.69, 9.17) is 4.74 Å². The number of hydrogen-bond donors (Lipinski definition) is 0. The molecule has 1 unspecified atom stereocenters. The Hall–Kier alpha value is -0.820. The minimum absolute atomic E-state index is 0.319. The van der Waals surface area contributed by atoms with E-state index >= 15 is 0 Å². The second kappa shape index (κ2) is 3.28. The molecule has 1 atom stereocenters. The molecule has 0 N–H and O–H groups in total. The molecule has 1 heteroatoms. The number of rotatable bonds is 1. The van der Waals surface area contributed by atoms with Crippen LogP contribution >= 0.6 is 0 Å². The fraction of sp³-hybridized carbons (Fsp3) is 0.364. The summed E-state index contributed by atoms with van der Waals surface area (Å²) in [5.41, 5.74) is 2.79. The highest BCUT2D eigenvalue weighted by atomic mass is 16.5. The first-order valence-corrected chi connectivity index (χ1v) is 4.36. The number of ether oxygens (including phenoxy) is 1. The van der Waals surface area contributed by atoms with Crippen LogP contribution in [0.3, 0.4) is 0 Å². The molecule has 2 rings (SSSR count). The van der Waals surface area contributed by atoms with Crippen molar-refractivity contribution < 1.29 is 4.74 Å². The lowest BCUT2D eigenvalue weighted by atomic mass is 9.90. The molecule has 0 saturated heterocycles. The lowest BCUT2D eigenvalue weighted by Crippen LogP contribution is -2.18. The summed E-state index contributed by atoms with van der Waals surface area (Å²) in [6.45, 7) is 0. The number of fused-ring (bicyclic) bond motifs is 1. The zero-order valence-electron chi connectivity index (χ0n) is 7.29. The van der Waals surface area contributed by atoms with Gasteiger partial charge in [0.15, 0.2) is 0 Å². The highest BCUT2D eigenvalue weighted by Crippen LogP contribution is 2.23. The first-order chi connectivity index (χ1) is 5.90.